The summed E-state index contributed by atoms with van der Waals surface area (Å²) < 4.78 is 89.3. The molecule has 5 rings (SSSR count). The molecule has 16 heteroatoms. The number of anilines is 1. The molecule has 1 aromatic carbocycles. The van der Waals surface area contributed by atoms with Crippen molar-refractivity contribution in [1.29, 1.82) is 0 Å². The number of alkyl halides is 3. The van der Waals surface area contributed by atoms with Gasteiger partial charge in [-0.15, -0.1) is 0 Å². The molecule has 2 aliphatic heterocycles. The van der Waals surface area contributed by atoms with Gasteiger partial charge in [0.05, 0.1) is 24.4 Å². The highest BCUT2D eigenvalue weighted by atomic mass is 19.4. The summed E-state index contributed by atoms with van der Waals surface area (Å²) in [5, 5.41) is 12.0. The van der Waals surface area contributed by atoms with Gasteiger partial charge in [0.15, 0.2) is 0 Å². The molecule has 2 fully saturated rings. The van der Waals surface area contributed by atoms with Crippen LogP contribution in [-0.2, 0) is 25.3 Å². The minimum atomic E-state index is -4.73. The molecule has 44 heavy (non-hydrogen) atoms. The topological polar surface area (TPSA) is 115 Å². The first-order valence-electron chi connectivity index (χ1n) is 13.7. The SMILES string of the molecule is CC1(C)OB(c2ccc(C[C@H](NC(=O)c3c(F)cc(N4CCOCC4C(F)(F)F)cc3F)C(=O)O)n3ccnc23)OC1(C)C. The predicted octanol–water partition coefficient (Wildman–Crippen LogP) is 3.10. The molecular formula is C28H30BF5N4O6. The van der Waals surface area contributed by atoms with Gasteiger partial charge in [0, 0.05) is 42.2 Å². The molecule has 4 heterocycles. The quantitative estimate of drug-likeness (QED) is 0.305. The third kappa shape index (κ3) is 5.85. The van der Waals surface area contributed by atoms with Gasteiger partial charge in [-0.3, -0.25) is 4.79 Å². The molecule has 2 aromatic heterocycles. The van der Waals surface area contributed by atoms with E-state index >= 15 is 8.78 Å². The lowest BCUT2D eigenvalue weighted by atomic mass is 9.79. The van der Waals surface area contributed by atoms with Crippen LogP contribution in [0.3, 0.4) is 0 Å². The molecule has 236 valence electrons. The minimum absolute atomic E-state index is 0.0970. The number of rotatable bonds is 7. The number of amides is 1. The van der Waals surface area contributed by atoms with E-state index in [2.05, 4.69) is 10.3 Å². The van der Waals surface area contributed by atoms with Crippen LogP contribution in [0.5, 0.6) is 0 Å². The standard InChI is InChI=1S/C28H30BF5N4O6/c1-26(2)27(3,4)44-29(43-26)17-6-5-15(38-8-7-35-23(17)38)13-20(25(40)41)36-24(39)22-18(30)11-16(12-19(22)31)37-9-10-42-14-21(37)28(32,33)34/h5-8,11-12,20-21H,9-10,13-14H2,1-4H3,(H,36,39)(H,40,41)/t20-,21?/m0/s1. The van der Waals surface area contributed by atoms with Gasteiger partial charge in [0.25, 0.3) is 5.91 Å². The molecule has 3 aromatic rings. The molecule has 0 radical (unpaired) electrons. The summed E-state index contributed by atoms with van der Waals surface area (Å²) in [5.41, 5.74) is -1.39. The second-order valence-electron chi connectivity index (χ2n) is 11.7. The van der Waals surface area contributed by atoms with Gasteiger partial charge < -0.3 is 33.8 Å². The van der Waals surface area contributed by atoms with E-state index in [0.29, 0.717) is 28.9 Å². The number of fused-ring (bicyclic) bond motifs is 1. The van der Waals surface area contributed by atoms with Gasteiger partial charge >= 0.3 is 19.3 Å². The second-order valence-corrected chi connectivity index (χ2v) is 11.7. The van der Waals surface area contributed by atoms with Gasteiger partial charge in [-0.05, 0) is 45.9 Å². The van der Waals surface area contributed by atoms with Crippen LogP contribution >= 0.6 is 0 Å². The number of imidazole rings is 1. The van der Waals surface area contributed by atoms with Gasteiger partial charge in [-0.25, -0.2) is 18.6 Å². The van der Waals surface area contributed by atoms with Crippen molar-refractivity contribution in [3.63, 3.8) is 0 Å². The van der Waals surface area contributed by atoms with Crippen molar-refractivity contribution in [2.24, 2.45) is 0 Å². The number of halogens is 5. The van der Waals surface area contributed by atoms with Crippen molar-refractivity contribution in [2.75, 3.05) is 24.7 Å². The van der Waals surface area contributed by atoms with E-state index in [1.807, 2.05) is 27.7 Å². The zero-order valence-corrected chi connectivity index (χ0v) is 24.2. The molecule has 0 saturated carbocycles. The Balaban J connectivity index is 1.37. The normalized spacial score (nSPS) is 20.6. The molecule has 0 spiro atoms. The fourth-order valence-corrected chi connectivity index (χ4v) is 5.18. The summed E-state index contributed by atoms with van der Waals surface area (Å²) in [7, 11) is -0.758. The first-order chi connectivity index (χ1) is 20.5. The Morgan fingerprint density at radius 2 is 1.77 bits per heavy atom. The van der Waals surface area contributed by atoms with Crippen LogP contribution in [-0.4, -0.2) is 82.7 Å². The van der Waals surface area contributed by atoms with Crippen LogP contribution in [0.2, 0.25) is 0 Å². The largest absolute Gasteiger partial charge is 0.498 e. The molecule has 1 unspecified atom stereocenters. The van der Waals surface area contributed by atoms with Crippen molar-refractivity contribution in [3.8, 4) is 0 Å². The minimum Gasteiger partial charge on any atom is -0.480 e. The van der Waals surface area contributed by atoms with Gasteiger partial charge in [-0.2, -0.15) is 13.2 Å². The number of pyridine rings is 1. The van der Waals surface area contributed by atoms with Crippen LogP contribution in [0.4, 0.5) is 27.6 Å². The maximum absolute atomic E-state index is 15.1. The van der Waals surface area contributed by atoms with Gasteiger partial charge in [0.1, 0.15) is 34.9 Å². The summed E-state index contributed by atoms with van der Waals surface area (Å²) in [6.07, 6.45) is -1.97. The molecular weight excluding hydrogens is 594 g/mol. The lowest BCUT2D eigenvalue weighted by molar-refractivity contribution is -0.167. The third-order valence-corrected chi connectivity index (χ3v) is 8.28. The molecule has 2 saturated heterocycles. The van der Waals surface area contributed by atoms with Crippen molar-refractivity contribution >= 4 is 35.8 Å². The Morgan fingerprint density at radius 3 is 2.36 bits per heavy atom. The van der Waals surface area contributed by atoms with Crippen LogP contribution in [0.1, 0.15) is 43.7 Å². The monoisotopic (exact) mass is 624 g/mol. The highest BCUT2D eigenvalue weighted by Crippen LogP contribution is 2.37. The van der Waals surface area contributed by atoms with E-state index in [0.717, 1.165) is 4.90 Å². The number of morpholine rings is 1. The first-order valence-corrected chi connectivity index (χ1v) is 13.7. The lowest BCUT2D eigenvalue weighted by Gasteiger charge is -2.38. The molecule has 0 aliphatic carbocycles. The fraction of sp³-hybridized carbons (Fsp3) is 0.464. The van der Waals surface area contributed by atoms with Crippen molar-refractivity contribution in [3.05, 3.63) is 59.6 Å². The van der Waals surface area contributed by atoms with Crippen LogP contribution < -0.4 is 15.7 Å². The lowest BCUT2D eigenvalue weighted by Crippen LogP contribution is -2.53. The average Bonchev–Trinajstić information content (AvgIpc) is 3.49. The summed E-state index contributed by atoms with van der Waals surface area (Å²) in [6.45, 7) is 6.47. The highest BCUT2D eigenvalue weighted by molar-refractivity contribution is 6.64. The summed E-state index contributed by atoms with van der Waals surface area (Å²) in [6, 6.07) is 0.721. The second kappa shape index (κ2) is 11.3. The summed E-state index contributed by atoms with van der Waals surface area (Å²) in [4.78, 5) is 30.2. The molecule has 2 aliphatic rings. The molecule has 2 atom stereocenters. The smallest absolute Gasteiger partial charge is 0.480 e. The number of nitrogens with zero attached hydrogens (tertiary/aromatic N) is 3. The Kier molecular flexibility index (Phi) is 8.14. The van der Waals surface area contributed by atoms with Crippen LogP contribution in [0.25, 0.3) is 5.65 Å². The number of carboxylic acid groups (broad SMARTS) is 1. The number of aliphatic carboxylic acids is 1. The number of hydrogen-bond donors (Lipinski definition) is 2. The first kappa shape index (κ1) is 31.7. The predicted molar refractivity (Wildman–Crippen MR) is 148 cm³/mol. The number of nitrogens with one attached hydrogen (secondary N) is 1. The van der Waals surface area contributed by atoms with Crippen LogP contribution in [0, 0.1) is 11.6 Å². The Labute approximate surface area is 249 Å². The number of carboxylic acids is 1. The Bertz CT molecular complexity index is 1560. The van der Waals surface area contributed by atoms with Crippen molar-refractivity contribution in [1.82, 2.24) is 14.7 Å². The van der Waals surface area contributed by atoms with E-state index < -0.39 is 77.9 Å². The number of carbonyl (C=O) groups is 2. The average molecular weight is 624 g/mol. The highest BCUT2D eigenvalue weighted by Gasteiger charge is 2.52. The summed E-state index contributed by atoms with van der Waals surface area (Å²) in [5.74, 6) is -5.76. The van der Waals surface area contributed by atoms with Gasteiger partial charge in [-0.1, -0.05) is 6.07 Å². The van der Waals surface area contributed by atoms with E-state index in [9.17, 15) is 27.9 Å². The Morgan fingerprint density at radius 1 is 1.14 bits per heavy atom. The maximum atomic E-state index is 15.1. The number of carbonyl (C=O) groups excluding carboxylic acids is 1. The maximum Gasteiger partial charge on any atom is 0.498 e. The number of hydrogen-bond acceptors (Lipinski definition) is 7. The third-order valence-electron chi connectivity index (χ3n) is 8.28. The number of ether oxygens (including phenoxy) is 1. The molecule has 0 bridgehead atoms. The summed E-state index contributed by atoms with van der Waals surface area (Å²) >= 11 is 0. The van der Waals surface area contributed by atoms with Crippen LogP contribution in [0.15, 0.2) is 36.7 Å². The van der Waals surface area contributed by atoms with Gasteiger partial charge in [0.2, 0.25) is 0 Å². The number of benzene rings is 1. The van der Waals surface area contributed by atoms with Crippen molar-refractivity contribution in [2.45, 2.75) is 63.6 Å². The van der Waals surface area contributed by atoms with E-state index in [1.165, 1.54) is 6.20 Å². The van der Waals surface area contributed by atoms with Crippen molar-refractivity contribution < 1.29 is 50.7 Å². The molecule has 1 amide bonds. The number of aromatic nitrogens is 2. The van der Waals surface area contributed by atoms with E-state index in [1.54, 1.807) is 22.7 Å². The van der Waals surface area contributed by atoms with E-state index in [4.69, 9.17) is 14.0 Å². The molecule has 10 nitrogen and oxygen atoms in total. The fourth-order valence-electron chi connectivity index (χ4n) is 5.18. The van der Waals surface area contributed by atoms with E-state index in [-0.39, 0.29) is 19.6 Å². The Hall–Kier alpha value is -3.76. The zero-order valence-electron chi connectivity index (χ0n) is 24.2. The molecule has 2 N–H and O–H groups in total. The zero-order chi connectivity index (χ0) is 32.2.